The lowest BCUT2D eigenvalue weighted by Gasteiger charge is -2.28. The number of rotatable bonds is 7. The van der Waals surface area contributed by atoms with Gasteiger partial charge in [-0.2, -0.15) is 4.68 Å². The van der Waals surface area contributed by atoms with Crippen LogP contribution < -0.4 is 14.8 Å². The van der Waals surface area contributed by atoms with Crippen molar-refractivity contribution >= 4 is 11.9 Å². The molecule has 0 radical (unpaired) electrons. The first kappa shape index (κ1) is 22.3. The molecule has 172 valence electrons. The van der Waals surface area contributed by atoms with Gasteiger partial charge in [0.2, 0.25) is 5.95 Å². The number of fused-ring (bicyclic) bond motifs is 1. The molecule has 0 amide bonds. The van der Waals surface area contributed by atoms with Crippen LogP contribution in [0.15, 0.2) is 53.7 Å². The summed E-state index contributed by atoms with van der Waals surface area (Å²) in [5.74, 6) is 1.15. The molecule has 1 N–H and O–H groups in total. The van der Waals surface area contributed by atoms with Gasteiger partial charge in [0.05, 0.1) is 18.8 Å². The number of hydrogen-bond acceptors (Lipinski definition) is 8. The van der Waals surface area contributed by atoms with E-state index >= 15 is 0 Å². The molecule has 0 saturated heterocycles. The van der Waals surface area contributed by atoms with Gasteiger partial charge in [0.1, 0.15) is 12.6 Å². The summed E-state index contributed by atoms with van der Waals surface area (Å²) in [4.78, 5) is 13.0. The van der Waals surface area contributed by atoms with Gasteiger partial charge < -0.3 is 19.5 Å². The van der Waals surface area contributed by atoms with Crippen LogP contribution in [0.5, 0.6) is 11.5 Å². The number of anilines is 1. The molecule has 0 fully saturated rings. The van der Waals surface area contributed by atoms with E-state index in [0.29, 0.717) is 35.3 Å². The number of benzene rings is 2. The van der Waals surface area contributed by atoms with Gasteiger partial charge in [-0.1, -0.05) is 41.0 Å². The maximum Gasteiger partial charge on any atom is 0.338 e. The molecule has 2 heterocycles. The first-order chi connectivity index (χ1) is 15.9. The fourth-order valence-corrected chi connectivity index (χ4v) is 3.68. The van der Waals surface area contributed by atoms with E-state index in [4.69, 9.17) is 14.2 Å². The first-order valence-corrected chi connectivity index (χ1v) is 10.7. The summed E-state index contributed by atoms with van der Waals surface area (Å²) in [6, 6.07) is 13.1. The van der Waals surface area contributed by atoms with Gasteiger partial charge in [-0.15, -0.1) is 0 Å². The zero-order chi connectivity index (χ0) is 23.5. The van der Waals surface area contributed by atoms with Crippen LogP contribution in [-0.2, 0) is 16.1 Å². The Kier molecular flexibility index (Phi) is 6.30. The molecular formula is C24H27N5O4. The minimum Gasteiger partial charge on any atom is -0.493 e. The minimum absolute atomic E-state index is 0.263. The Hall–Kier alpha value is -3.88. The van der Waals surface area contributed by atoms with Crippen LogP contribution >= 0.6 is 0 Å². The van der Waals surface area contributed by atoms with E-state index in [9.17, 15) is 4.79 Å². The molecule has 0 saturated carbocycles. The molecule has 1 aliphatic heterocycles. The number of aryl methyl sites for hydroxylation is 1. The highest BCUT2D eigenvalue weighted by atomic mass is 16.5. The molecule has 1 unspecified atom stereocenters. The Morgan fingerprint density at radius 1 is 1.12 bits per heavy atom. The van der Waals surface area contributed by atoms with Gasteiger partial charge in [-0.25, -0.2) is 4.79 Å². The van der Waals surface area contributed by atoms with Gasteiger partial charge in [0.25, 0.3) is 0 Å². The number of hydrogen-bond donors (Lipinski definition) is 1. The lowest BCUT2D eigenvalue weighted by Crippen LogP contribution is -2.30. The minimum atomic E-state index is -0.581. The van der Waals surface area contributed by atoms with Gasteiger partial charge >= 0.3 is 5.97 Å². The Bertz CT molecular complexity index is 1180. The van der Waals surface area contributed by atoms with Crippen LogP contribution in [0.25, 0.3) is 0 Å². The van der Waals surface area contributed by atoms with Crippen LogP contribution in [0.4, 0.5) is 5.95 Å². The highest BCUT2D eigenvalue weighted by Crippen LogP contribution is 2.39. The number of tetrazole rings is 1. The van der Waals surface area contributed by atoms with E-state index in [1.165, 1.54) is 5.56 Å². The molecule has 1 aromatic heterocycles. The number of nitrogens with one attached hydrogen (secondary N) is 1. The summed E-state index contributed by atoms with van der Waals surface area (Å²) in [5.41, 5.74) is 4.07. The van der Waals surface area contributed by atoms with E-state index in [-0.39, 0.29) is 6.10 Å². The van der Waals surface area contributed by atoms with Crippen molar-refractivity contribution in [1.82, 2.24) is 20.2 Å². The number of nitrogens with zero attached hydrogens (tertiary/aromatic N) is 4. The normalized spacial score (nSPS) is 15.2. The van der Waals surface area contributed by atoms with Gasteiger partial charge in [-0.3, -0.25) is 0 Å². The van der Waals surface area contributed by atoms with E-state index in [2.05, 4.69) is 20.8 Å². The monoisotopic (exact) mass is 449 g/mol. The van der Waals surface area contributed by atoms with Gasteiger partial charge in [-0.05, 0) is 61.4 Å². The van der Waals surface area contributed by atoms with Crippen LogP contribution in [0.1, 0.15) is 43.5 Å². The first-order valence-electron chi connectivity index (χ1n) is 10.7. The number of esters is 1. The molecule has 3 aromatic rings. The highest BCUT2D eigenvalue weighted by Gasteiger charge is 2.35. The summed E-state index contributed by atoms with van der Waals surface area (Å²) in [7, 11) is 1.58. The van der Waals surface area contributed by atoms with Crippen molar-refractivity contribution in [1.29, 1.82) is 0 Å². The molecule has 33 heavy (non-hydrogen) atoms. The maximum atomic E-state index is 13.0. The van der Waals surface area contributed by atoms with E-state index < -0.39 is 12.0 Å². The second-order valence-electron chi connectivity index (χ2n) is 8.15. The molecular weight excluding hydrogens is 422 g/mol. The smallest absolute Gasteiger partial charge is 0.338 e. The van der Waals surface area contributed by atoms with Crippen LogP contribution in [0.2, 0.25) is 0 Å². The maximum absolute atomic E-state index is 13.0. The Labute approximate surface area is 192 Å². The van der Waals surface area contributed by atoms with Crippen molar-refractivity contribution in [2.75, 3.05) is 12.4 Å². The number of carbonyl (C=O) groups excluding carboxylic acids is 1. The zero-order valence-electron chi connectivity index (χ0n) is 19.3. The third-order valence-corrected chi connectivity index (χ3v) is 5.30. The van der Waals surface area contributed by atoms with Crippen LogP contribution in [0.3, 0.4) is 0 Å². The Morgan fingerprint density at radius 3 is 2.58 bits per heavy atom. The average molecular weight is 450 g/mol. The molecule has 0 spiro atoms. The zero-order valence-corrected chi connectivity index (χ0v) is 19.3. The molecule has 0 bridgehead atoms. The van der Waals surface area contributed by atoms with Crippen molar-refractivity contribution in [3.05, 3.63) is 70.4 Å². The number of allylic oxidation sites excluding steroid dienone is 1. The lowest BCUT2D eigenvalue weighted by molar-refractivity contribution is -0.143. The van der Waals surface area contributed by atoms with Gasteiger partial charge in [0, 0.05) is 5.70 Å². The Balaban J connectivity index is 1.67. The standard InChI is InChI=1S/C24H27N5O4/c1-14(2)33-23(30)21-16(4)25-24-26-27-28-29(24)22(21)18-10-11-19(20(12-18)31-5)32-13-17-8-6-15(3)7-9-17/h6-12,14,22H,13H2,1-5H3,(H,25,26,28). The SMILES string of the molecule is COc1cc(C2C(C(=O)OC(C)C)=C(C)Nc3nnnn32)ccc1OCc1ccc(C)cc1. The number of carbonyl (C=O) groups is 1. The van der Waals surface area contributed by atoms with Gasteiger partial charge in [0.15, 0.2) is 11.5 Å². The van der Waals surface area contributed by atoms with Crippen LogP contribution in [0, 0.1) is 6.92 Å². The second-order valence-corrected chi connectivity index (χ2v) is 8.15. The van der Waals surface area contributed by atoms with E-state index in [1.807, 2.05) is 63.2 Å². The fraction of sp³-hybridized carbons (Fsp3) is 0.333. The third-order valence-electron chi connectivity index (χ3n) is 5.30. The topological polar surface area (TPSA) is 100 Å². The molecule has 4 rings (SSSR count). The molecule has 0 aliphatic carbocycles. The average Bonchev–Trinajstić information content (AvgIpc) is 3.25. The molecule has 9 nitrogen and oxygen atoms in total. The predicted molar refractivity (Wildman–Crippen MR) is 122 cm³/mol. The molecule has 1 atom stereocenters. The molecule has 2 aromatic carbocycles. The summed E-state index contributed by atoms with van der Waals surface area (Å²) in [5, 5.41) is 15.0. The lowest BCUT2D eigenvalue weighted by atomic mass is 9.95. The van der Waals surface area contributed by atoms with E-state index in [1.54, 1.807) is 18.7 Å². The number of methoxy groups -OCH3 is 1. The number of aromatic nitrogens is 4. The quantitative estimate of drug-likeness (QED) is 0.544. The predicted octanol–water partition coefficient (Wildman–Crippen LogP) is 3.81. The van der Waals surface area contributed by atoms with Crippen LogP contribution in [-0.4, -0.2) is 39.4 Å². The van der Waals surface area contributed by atoms with Crippen molar-refractivity contribution in [3.63, 3.8) is 0 Å². The van der Waals surface area contributed by atoms with Crippen molar-refractivity contribution in [2.24, 2.45) is 0 Å². The third kappa shape index (κ3) is 4.67. The molecule has 1 aliphatic rings. The summed E-state index contributed by atoms with van der Waals surface area (Å²) >= 11 is 0. The number of ether oxygens (including phenoxy) is 3. The molecule has 9 heteroatoms. The summed E-state index contributed by atoms with van der Waals surface area (Å²) in [6.45, 7) is 7.88. The largest absolute Gasteiger partial charge is 0.493 e. The highest BCUT2D eigenvalue weighted by molar-refractivity contribution is 5.92. The van der Waals surface area contributed by atoms with E-state index in [0.717, 1.165) is 11.1 Å². The van der Waals surface area contributed by atoms with Crippen molar-refractivity contribution in [2.45, 2.75) is 46.4 Å². The Morgan fingerprint density at radius 2 is 1.88 bits per heavy atom. The van der Waals surface area contributed by atoms with Crippen molar-refractivity contribution in [3.8, 4) is 11.5 Å². The second kappa shape index (κ2) is 9.32. The summed E-state index contributed by atoms with van der Waals surface area (Å²) < 4.78 is 18.7. The van der Waals surface area contributed by atoms with Crippen molar-refractivity contribution < 1.29 is 19.0 Å². The fourth-order valence-electron chi connectivity index (χ4n) is 3.68. The summed E-state index contributed by atoms with van der Waals surface area (Å²) in [6.07, 6.45) is -0.263.